The molecule has 2 unspecified atom stereocenters. The molecule has 5 nitrogen and oxygen atoms in total. The van der Waals surface area contributed by atoms with Crippen molar-refractivity contribution in [1.29, 1.82) is 0 Å². The van der Waals surface area contributed by atoms with Crippen LogP contribution in [-0.2, 0) is 0 Å². The fourth-order valence-corrected chi connectivity index (χ4v) is 5.54. The van der Waals surface area contributed by atoms with Gasteiger partial charge in [-0.1, -0.05) is 6.07 Å². The van der Waals surface area contributed by atoms with Gasteiger partial charge in [0.05, 0.1) is 0 Å². The van der Waals surface area contributed by atoms with Crippen LogP contribution in [0, 0.1) is 5.92 Å². The van der Waals surface area contributed by atoms with Crippen LogP contribution in [0.1, 0.15) is 50.4 Å². The van der Waals surface area contributed by atoms with Gasteiger partial charge < -0.3 is 15.5 Å². The largest absolute Gasteiger partial charge is 0.356 e. The Hall–Kier alpha value is -1.11. The number of rotatable bonds is 5. The number of nitrogens with one attached hydrogen (secondary N) is 2. The van der Waals surface area contributed by atoms with Gasteiger partial charge in [-0.2, -0.15) is 0 Å². The van der Waals surface area contributed by atoms with E-state index in [1.807, 2.05) is 18.4 Å². The molecule has 2 fully saturated rings. The summed E-state index contributed by atoms with van der Waals surface area (Å²) in [6.45, 7) is 9.12. The number of piperidine rings is 2. The van der Waals surface area contributed by atoms with E-state index in [4.69, 9.17) is 0 Å². The summed E-state index contributed by atoms with van der Waals surface area (Å²) < 4.78 is 0. The zero-order valence-corrected chi connectivity index (χ0v) is 18.3. The maximum Gasteiger partial charge on any atom is 0.191 e. The lowest BCUT2D eigenvalue weighted by Crippen LogP contribution is -2.51. The highest BCUT2D eigenvalue weighted by Crippen LogP contribution is 2.36. The van der Waals surface area contributed by atoms with Crippen LogP contribution in [0.2, 0.25) is 0 Å². The zero-order valence-electron chi connectivity index (χ0n) is 17.4. The lowest BCUT2D eigenvalue weighted by molar-refractivity contribution is 0.125. The van der Waals surface area contributed by atoms with Crippen LogP contribution in [0.4, 0.5) is 0 Å². The topological polar surface area (TPSA) is 42.9 Å². The van der Waals surface area contributed by atoms with E-state index in [0.717, 1.165) is 12.5 Å². The molecule has 0 aliphatic carbocycles. The summed E-state index contributed by atoms with van der Waals surface area (Å²) >= 11 is 1.89. The fraction of sp³-hybridized carbons (Fsp3) is 0.762. The van der Waals surface area contributed by atoms with E-state index in [1.165, 1.54) is 50.2 Å². The maximum absolute atomic E-state index is 4.50. The van der Waals surface area contributed by atoms with Crippen LogP contribution in [0.15, 0.2) is 22.5 Å². The second-order valence-corrected chi connectivity index (χ2v) is 9.32. The molecule has 0 amide bonds. The van der Waals surface area contributed by atoms with Crippen LogP contribution in [0.25, 0.3) is 0 Å². The first-order valence-electron chi connectivity index (χ1n) is 10.5. The smallest absolute Gasteiger partial charge is 0.191 e. The van der Waals surface area contributed by atoms with Gasteiger partial charge in [0.1, 0.15) is 0 Å². The van der Waals surface area contributed by atoms with Crippen LogP contribution in [0.5, 0.6) is 0 Å². The average molecular weight is 392 g/mol. The molecule has 2 aliphatic heterocycles. The predicted molar refractivity (Wildman–Crippen MR) is 117 cm³/mol. The minimum absolute atomic E-state index is 0.527. The SMILES string of the molecule is CN=C(NCC1CCCN(C)C1c1cccs1)NC1CCN(C(C)C)CC1. The van der Waals surface area contributed by atoms with Crippen LogP contribution in [0.3, 0.4) is 0 Å². The van der Waals surface area contributed by atoms with Crippen molar-refractivity contribution in [3.8, 4) is 0 Å². The molecule has 0 radical (unpaired) electrons. The van der Waals surface area contributed by atoms with Gasteiger partial charge in [0.15, 0.2) is 5.96 Å². The monoisotopic (exact) mass is 391 g/mol. The lowest BCUT2D eigenvalue weighted by atomic mass is 9.88. The van der Waals surface area contributed by atoms with Gasteiger partial charge in [0.2, 0.25) is 0 Å². The van der Waals surface area contributed by atoms with Crippen molar-refractivity contribution in [2.45, 2.75) is 57.7 Å². The van der Waals surface area contributed by atoms with E-state index in [9.17, 15) is 0 Å². The summed E-state index contributed by atoms with van der Waals surface area (Å²) in [6.07, 6.45) is 4.96. The minimum atomic E-state index is 0.527. The zero-order chi connectivity index (χ0) is 19.2. The van der Waals surface area contributed by atoms with Gasteiger partial charge in [-0.25, -0.2) is 0 Å². The Morgan fingerprint density at radius 2 is 2.04 bits per heavy atom. The molecule has 3 rings (SSSR count). The summed E-state index contributed by atoms with van der Waals surface area (Å²) in [5.74, 6) is 1.60. The van der Waals surface area contributed by atoms with Crippen molar-refractivity contribution in [3.05, 3.63) is 22.4 Å². The molecule has 1 aromatic heterocycles. The first-order chi connectivity index (χ1) is 13.1. The molecule has 0 saturated carbocycles. The Kier molecular flexibility index (Phi) is 7.56. The first kappa shape index (κ1) is 20.6. The number of hydrogen-bond acceptors (Lipinski definition) is 4. The van der Waals surface area contributed by atoms with E-state index in [1.54, 1.807) is 0 Å². The van der Waals surface area contributed by atoms with Crippen LogP contribution >= 0.6 is 11.3 Å². The highest BCUT2D eigenvalue weighted by Gasteiger charge is 2.31. The van der Waals surface area contributed by atoms with E-state index in [2.05, 4.69) is 63.8 Å². The number of guanidine groups is 1. The molecular weight excluding hydrogens is 354 g/mol. The average Bonchev–Trinajstić information content (AvgIpc) is 3.19. The van der Waals surface area contributed by atoms with Gasteiger partial charge in [-0.15, -0.1) is 11.3 Å². The second-order valence-electron chi connectivity index (χ2n) is 8.34. The molecular formula is C21H37N5S. The minimum Gasteiger partial charge on any atom is -0.356 e. The third-order valence-electron chi connectivity index (χ3n) is 6.20. The molecule has 0 spiro atoms. The lowest BCUT2D eigenvalue weighted by Gasteiger charge is -2.39. The van der Waals surface area contributed by atoms with Gasteiger partial charge in [0, 0.05) is 49.7 Å². The van der Waals surface area contributed by atoms with Crippen molar-refractivity contribution in [1.82, 2.24) is 20.4 Å². The van der Waals surface area contributed by atoms with Gasteiger partial charge in [0.25, 0.3) is 0 Å². The van der Waals surface area contributed by atoms with Crippen molar-refractivity contribution in [2.24, 2.45) is 10.9 Å². The van der Waals surface area contributed by atoms with E-state index >= 15 is 0 Å². The first-order valence-corrected chi connectivity index (χ1v) is 11.4. The third kappa shape index (κ3) is 5.46. The molecule has 152 valence electrons. The Labute approximate surface area is 169 Å². The van der Waals surface area contributed by atoms with Gasteiger partial charge in [-0.05, 0) is 70.5 Å². The number of hydrogen-bond donors (Lipinski definition) is 2. The summed E-state index contributed by atoms with van der Waals surface area (Å²) in [5.41, 5.74) is 0. The summed E-state index contributed by atoms with van der Waals surface area (Å²) in [5, 5.41) is 9.50. The molecule has 27 heavy (non-hydrogen) atoms. The van der Waals surface area contributed by atoms with Crippen molar-refractivity contribution in [2.75, 3.05) is 40.3 Å². The summed E-state index contributed by atoms with van der Waals surface area (Å²) in [4.78, 5) is 11.1. The third-order valence-corrected chi connectivity index (χ3v) is 7.14. The van der Waals surface area contributed by atoms with E-state index < -0.39 is 0 Å². The molecule has 2 N–H and O–H groups in total. The van der Waals surface area contributed by atoms with Crippen LogP contribution in [-0.4, -0.2) is 68.1 Å². The molecule has 2 aliphatic rings. The molecule has 6 heteroatoms. The fourth-order valence-electron chi connectivity index (χ4n) is 4.56. The van der Waals surface area contributed by atoms with Crippen molar-refractivity contribution in [3.63, 3.8) is 0 Å². The van der Waals surface area contributed by atoms with Gasteiger partial charge in [-0.3, -0.25) is 9.89 Å². The number of thiophene rings is 1. The highest BCUT2D eigenvalue weighted by atomic mass is 32.1. The molecule has 1 aromatic rings. The molecule has 0 aromatic carbocycles. The second kappa shape index (κ2) is 9.89. The molecule has 2 atom stereocenters. The molecule has 2 saturated heterocycles. The summed E-state index contributed by atoms with van der Waals surface area (Å²) in [7, 11) is 4.16. The Bertz CT molecular complexity index is 577. The quantitative estimate of drug-likeness (QED) is 0.598. The number of likely N-dealkylation sites (tertiary alicyclic amines) is 2. The van der Waals surface area contributed by atoms with Crippen molar-refractivity contribution >= 4 is 17.3 Å². The van der Waals surface area contributed by atoms with Gasteiger partial charge >= 0.3 is 0 Å². The molecule has 3 heterocycles. The predicted octanol–water partition coefficient (Wildman–Crippen LogP) is 3.17. The van der Waals surface area contributed by atoms with Crippen LogP contribution < -0.4 is 10.6 Å². The number of aliphatic imine (C=N–C) groups is 1. The maximum atomic E-state index is 4.50. The van der Waals surface area contributed by atoms with E-state index in [-0.39, 0.29) is 0 Å². The normalized spacial score (nSPS) is 26.5. The summed E-state index contributed by atoms with van der Waals surface area (Å²) in [6, 6.07) is 6.18. The Balaban J connectivity index is 1.51. The Morgan fingerprint density at radius 3 is 2.67 bits per heavy atom. The number of nitrogens with zero attached hydrogens (tertiary/aromatic N) is 3. The highest BCUT2D eigenvalue weighted by molar-refractivity contribution is 7.10. The van der Waals surface area contributed by atoms with Crippen molar-refractivity contribution < 1.29 is 0 Å². The molecule has 0 bridgehead atoms. The standard InChI is InChI=1S/C21H37N5S/c1-16(2)26-12-9-18(10-13-26)24-21(22-3)23-15-17-7-5-11-25(4)20(17)19-8-6-14-27-19/h6,8,14,16-18,20H,5,7,9-13,15H2,1-4H3,(H2,22,23,24). The van der Waals surface area contributed by atoms with E-state index in [0.29, 0.717) is 24.0 Å². The Morgan fingerprint density at radius 1 is 1.26 bits per heavy atom.